The van der Waals surface area contributed by atoms with Crippen molar-refractivity contribution >= 4 is 0 Å². The van der Waals surface area contributed by atoms with E-state index in [4.69, 9.17) is 10.5 Å². The molecular formula is C9H20O2. The molecule has 11 heavy (non-hydrogen) atoms. The number of hydrogen-bond donors (Lipinski definition) is 2. The van der Waals surface area contributed by atoms with Crippen LogP contribution in [0.4, 0.5) is 0 Å². The summed E-state index contributed by atoms with van der Waals surface area (Å²) in [6.07, 6.45) is 5.81. The molecule has 68 valence electrons. The van der Waals surface area contributed by atoms with Crippen LogP contribution in [0.25, 0.3) is 0 Å². The van der Waals surface area contributed by atoms with Gasteiger partial charge in [0.15, 0.2) is 0 Å². The van der Waals surface area contributed by atoms with Gasteiger partial charge in [0.1, 0.15) is 0 Å². The Balaban J connectivity index is 0.000000461. The Kier molecular flexibility index (Phi) is 4.69. The predicted molar refractivity (Wildman–Crippen MR) is 46.7 cm³/mol. The third-order valence-electron chi connectivity index (χ3n) is 3.04. The summed E-state index contributed by atoms with van der Waals surface area (Å²) < 4.78 is 0. The van der Waals surface area contributed by atoms with E-state index in [0.717, 1.165) is 5.92 Å². The Morgan fingerprint density at radius 1 is 1.18 bits per heavy atom. The first-order chi connectivity index (χ1) is 5.13. The SMILES string of the molecule is CC1CCCCC1(C)C.OO. The summed E-state index contributed by atoms with van der Waals surface area (Å²) in [6, 6.07) is 0. The van der Waals surface area contributed by atoms with Crippen molar-refractivity contribution in [3.8, 4) is 0 Å². The van der Waals surface area contributed by atoms with Crippen molar-refractivity contribution in [1.29, 1.82) is 0 Å². The molecule has 0 saturated heterocycles. The van der Waals surface area contributed by atoms with E-state index in [0.29, 0.717) is 5.41 Å². The lowest BCUT2D eigenvalue weighted by atomic mass is 9.70. The minimum absolute atomic E-state index is 0.637. The molecule has 0 spiro atoms. The molecule has 2 nitrogen and oxygen atoms in total. The molecule has 0 aliphatic heterocycles. The molecule has 2 heteroatoms. The first kappa shape index (κ1) is 10.9. The Hall–Kier alpha value is -0.0800. The minimum atomic E-state index is 0.637. The number of hydrogen-bond acceptors (Lipinski definition) is 2. The van der Waals surface area contributed by atoms with Crippen molar-refractivity contribution in [3.63, 3.8) is 0 Å². The molecule has 1 atom stereocenters. The van der Waals surface area contributed by atoms with Crippen LogP contribution >= 0.6 is 0 Å². The maximum absolute atomic E-state index is 6.00. The second-order valence-electron chi connectivity index (χ2n) is 4.14. The van der Waals surface area contributed by atoms with Crippen LogP contribution in [0.5, 0.6) is 0 Å². The lowest BCUT2D eigenvalue weighted by Gasteiger charge is -2.36. The number of rotatable bonds is 0. The van der Waals surface area contributed by atoms with Crippen molar-refractivity contribution < 1.29 is 10.5 Å². The molecule has 1 fully saturated rings. The largest absolute Gasteiger partial charge is 0.255 e. The van der Waals surface area contributed by atoms with Crippen LogP contribution < -0.4 is 0 Å². The molecule has 1 aliphatic carbocycles. The first-order valence-corrected chi connectivity index (χ1v) is 4.33. The maximum Gasteiger partial charge on any atom is -0.0329 e. The molecule has 0 aromatic heterocycles. The first-order valence-electron chi connectivity index (χ1n) is 4.33. The molecule has 1 unspecified atom stereocenters. The van der Waals surface area contributed by atoms with Gasteiger partial charge < -0.3 is 0 Å². The van der Waals surface area contributed by atoms with Crippen molar-refractivity contribution in [1.82, 2.24) is 0 Å². The second kappa shape index (κ2) is 4.73. The van der Waals surface area contributed by atoms with Gasteiger partial charge >= 0.3 is 0 Å². The molecular weight excluding hydrogens is 140 g/mol. The second-order valence-corrected chi connectivity index (χ2v) is 4.14. The highest BCUT2D eigenvalue weighted by atomic mass is 17.0. The van der Waals surface area contributed by atoms with Crippen molar-refractivity contribution in [3.05, 3.63) is 0 Å². The van der Waals surface area contributed by atoms with Gasteiger partial charge in [-0.3, -0.25) is 10.5 Å². The monoisotopic (exact) mass is 160 g/mol. The van der Waals surface area contributed by atoms with E-state index >= 15 is 0 Å². The fourth-order valence-corrected chi connectivity index (χ4v) is 1.67. The van der Waals surface area contributed by atoms with E-state index in [-0.39, 0.29) is 0 Å². The fourth-order valence-electron chi connectivity index (χ4n) is 1.67. The van der Waals surface area contributed by atoms with Crippen LogP contribution in [0, 0.1) is 11.3 Å². The van der Waals surface area contributed by atoms with Gasteiger partial charge in [0.2, 0.25) is 0 Å². The summed E-state index contributed by atoms with van der Waals surface area (Å²) in [6.45, 7) is 7.19. The van der Waals surface area contributed by atoms with Crippen LogP contribution in [0.1, 0.15) is 46.5 Å². The van der Waals surface area contributed by atoms with E-state index in [1.807, 2.05) is 0 Å². The fraction of sp³-hybridized carbons (Fsp3) is 1.00. The summed E-state index contributed by atoms with van der Waals surface area (Å²) in [5, 5.41) is 12.0. The van der Waals surface area contributed by atoms with Gasteiger partial charge in [-0.1, -0.05) is 40.0 Å². The Morgan fingerprint density at radius 3 is 2.00 bits per heavy atom. The zero-order valence-corrected chi connectivity index (χ0v) is 7.80. The molecule has 0 heterocycles. The highest BCUT2D eigenvalue weighted by molar-refractivity contribution is 4.79. The third-order valence-corrected chi connectivity index (χ3v) is 3.04. The molecule has 1 aliphatic rings. The molecule has 0 aromatic carbocycles. The van der Waals surface area contributed by atoms with Gasteiger partial charge in [0.05, 0.1) is 0 Å². The van der Waals surface area contributed by atoms with Gasteiger partial charge in [-0.25, -0.2) is 0 Å². The summed E-state index contributed by atoms with van der Waals surface area (Å²) in [5.74, 6) is 0.950. The van der Waals surface area contributed by atoms with Crippen LogP contribution in [-0.4, -0.2) is 10.5 Å². The molecule has 0 amide bonds. The van der Waals surface area contributed by atoms with Crippen molar-refractivity contribution in [2.45, 2.75) is 46.5 Å². The van der Waals surface area contributed by atoms with E-state index in [9.17, 15) is 0 Å². The highest BCUT2D eigenvalue weighted by Crippen LogP contribution is 2.39. The molecule has 2 N–H and O–H groups in total. The molecule has 1 saturated carbocycles. The van der Waals surface area contributed by atoms with E-state index in [1.165, 1.54) is 25.7 Å². The maximum atomic E-state index is 6.00. The van der Waals surface area contributed by atoms with Gasteiger partial charge in [0, 0.05) is 0 Å². The average molecular weight is 160 g/mol. The van der Waals surface area contributed by atoms with Crippen molar-refractivity contribution in [2.75, 3.05) is 0 Å². The molecule has 0 aromatic rings. The zero-order chi connectivity index (χ0) is 8.91. The van der Waals surface area contributed by atoms with Crippen molar-refractivity contribution in [2.24, 2.45) is 11.3 Å². The Labute approximate surface area is 69.2 Å². The quantitative estimate of drug-likeness (QED) is 0.422. The smallest absolute Gasteiger partial charge is 0.0329 e. The summed E-state index contributed by atoms with van der Waals surface area (Å²) >= 11 is 0. The van der Waals surface area contributed by atoms with Crippen LogP contribution in [0.3, 0.4) is 0 Å². The predicted octanol–water partition coefficient (Wildman–Crippen LogP) is 3.24. The summed E-state index contributed by atoms with van der Waals surface area (Å²) in [5.41, 5.74) is 0.637. The standard InChI is InChI=1S/C9H18.H2O2/c1-8-6-4-5-7-9(8,2)3;1-2/h8H,4-7H2,1-3H3;1-2H. The van der Waals surface area contributed by atoms with E-state index in [2.05, 4.69) is 20.8 Å². The van der Waals surface area contributed by atoms with Crippen LogP contribution in [-0.2, 0) is 0 Å². The van der Waals surface area contributed by atoms with Gasteiger partial charge in [-0.05, 0) is 17.8 Å². The van der Waals surface area contributed by atoms with Gasteiger partial charge in [-0.2, -0.15) is 0 Å². The topological polar surface area (TPSA) is 40.5 Å². The molecule has 0 radical (unpaired) electrons. The lowest BCUT2D eigenvalue weighted by Crippen LogP contribution is -2.24. The molecule has 1 rings (SSSR count). The van der Waals surface area contributed by atoms with Gasteiger partial charge in [-0.15, -0.1) is 0 Å². The van der Waals surface area contributed by atoms with E-state index < -0.39 is 0 Å². The molecule has 0 bridgehead atoms. The van der Waals surface area contributed by atoms with Gasteiger partial charge in [0.25, 0.3) is 0 Å². The summed E-state index contributed by atoms with van der Waals surface area (Å²) in [7, 11) is 0. The van der Waals surface area contributed by atoms with Crippen LogP contribution in [0.2, 0.25) is 0 Å². The Morgan fingerprint density at radius 2 is 1.73 bits per heavy atom. The lowest BCUT2D eigenvalue weighted by molar-refractivity contribution is -0.176. The zero-order valence-electron chi connectivity index (χ0n) is 7.80. The summed E-state index contributed by atoms with van der Waals surface area (Å²) in [4.78, 5) is 0. The highest BCUT2D eigenvalue weighted by Gasteiger charge is 2.27. The Bertz CT molecular complexity index is 99.7. The van der Waals surface area contributed by atoms with E-state index in [1.54, 1.807) is 0 Å². The average Bonchev–Trinajstić information content (AvgIpc) is 2.00. The minimum Gasteiger partial charge on any atom is -0.255 e. The third kappa shape index (κ3) is 3.21. The van der Waals surface area contributed by atoms with Crippen LogP contribution in [0.15, 0.2) is 0 Å². The normalized spacial score (nSPS) is 28.6.